The van der Waals surface area contributed by atoms with Crippen molar-refractivity contribution in [3.05, 3.63) is 38.7 Å². The molecule has 0 saturated heterocycles. The summed E-state index contributed by atoms with van der Waals surface area (Å²) in [4.78, 5) is 17.8. The lowest BCUT2D eigenvalue weighted by Crippen LogP contribution is -2.07. The average Bonchev–Trinajstić information content (AvgIpc) is 2.66. The number of aromatic amines is 1. The lowest BCUT2D eigenvalue weighted by Gasteiger charge is -1.98. The summed E-state index contributed by atoms with van der Waals surface area (Å²) in [6, 6.07) is 3.96. The summed E-state index contributed by atoms with van der Waals surface area (Å²) >= 11 is 6.30. The minimum Gasteiger partial charge on any atom is -0.312 e. The van der Waals surface area contributed by atoms with Crippen LogP contribution in [-0.4, -0.2) is 9.97 Å². The first-order chi connectivity index (χ1) is 6.77. The molecule has 6 heteroatoms. The molecule has 0 amide bonds. The number of hydrogen-bond donors (Lipinski definition) is 1. The highest BCUT2D eigenvalue weighted by atomic mass is 79.9. The summed E-state index contributed by atoms with van der Waals surface area (Å²) in [7, 11) is 0. The van der Waals surface area contributed by atoms with E-state index in [-0.39, 0.29) is 5.56 Å². The van der Waals surface area contributed by atoms with E-state index in [9.17, 15) is 4.79 Å². The van der Waals surface area contributed by atoms with E-state index in [2.05, 4.69) is 25.9 Å². The van der Waals surface area contributed by atoms with Crippen molar-refractivity contribution < 1.29 is 0 Å². The number of H-pyrrole nitrogens is 1. The standard InChI is InChI=1S/C8H5BrN2OS2/c9-6-7(12)10-4-11-8(6)14-5-2-1-3-13-5/h1-4H,(H,10,11,12). The van der Waals surface area contributed by atoms with Gasteiger partial charge in [0.15, 0.2) is 0 Å². The van der Waals surface area contributed by atoms with Crippen LogP contribution in [0.2, 0.25) is 0 Å². The Morgan fingerprint density at radius 2 is 2.43 bits per heavy atom. The molecule has 0 aliphatic carbocycles. The first kappa shape index (κ1) is 9.95. The molecule has 2 rings (SSSR count). The van der Waals surface area contributed by atoms with Gasteiger partial charge in [0, 0.05) is 0 Å². The molecular weight excluding hydrogens is 284 g/mol. The minimum absolute atomic E-state index is 0.154. The lowest BCUT2D eigenvalue weighted by molar-refractivity contribution is 0.991. The first-order valence-corrected chi connectivity index (χ1v) is 6.21. The van der Waals surface area contributed by atoms with Gasteiger partial charge in [-0.2, -0.15) is 0 Å². The van der Waals surface area contributed by atoms with Gasteiger partial charge < -0.3 is 4.98 Å². The van der Waals surface area contributed by atoms with Crippen molar-refractivity contribution in [2.45, 2.75) is 9.24 Å². The Morgan fingerprint density at radius 3 is 3.14 bits per heavy atom. The molecule has 3 nitrogen and oxygen atoms in total. The minimum atomic E-state index is -0.154. The second-order valence-electron chi connectivity index (χ2n) is 2.38. The second kappa shape index (κ2) is 4.29. The summed E-state index contributed by atoms with van der Waals surface area (Å²) in [6.45, 7) is 0. The Labute approximate surface area is 96.7 Å². The Balaban J connectivity index is 2.34. The molecule has 14 heavy (non-hydrogen) atoms. The van der Waals surface area contributed by atoms with Crippen molar-refractivity contribution in [3.8, 4) is 0 Å². The maximum absolute atomic E-state index is 11.2. The van der Waals surface area contributed by atoms with E-state index in [0.717, 1.165) is 4.21 Å². The van der Waals surface area contributed by atoms with E-state index in [1.165, 1.54) is 18.1 Å². The van der Waals surface area contributed by atoms with Crippen LogP contribution in [0.15, 0.2) is 42.3 Å². The van der Waals surface area contributed by atoms with Gasteiger partial charge >= 0.3 is 0 Å². The highest BCUT2D eigenvalue weighted by Gasteiger charge is 2.07. The Hall–Kier alpha value is -0.590. The maximum Gasteiger partial charge on any atom is 0.266 e. The number of nitrogens with one attached hydrogen (secondary N) is 1. The van der Waals surface area contributed by atoms with Gasteiger partial charge in [-0.1, -0.05) is 17.8 Å². The number of aromatic nitrogens is 2. The fourth-order valence-corrected chi connectivity index (χ4v) is 2.98. The van der Waals surface area contributed by atoms with Gasteiger partial charge in [-0.3, -0.25) is 4.79 Å². The predicted octanol–water partition coefficient (Wildman–Crippen LogP) is 2.75. The molecule has 0 unspecified atom stereocenters. The zero-order valence-electron chi connectivity index (χ0n) is 6.86. The maximum atomic E-state index is 11.2. The predicted molar refractivity (Wildman–Crippen MR) is 61.0 cm³/mol. The van der Waals surface area contributed by atoms with Crippen molar-refractivity contribution in [1.29, 1.82) is 0 Å². The third-order valence-electron chi connectivity index (χ3n) is 1.46. The van der Waals surface area contributed by atoms with E-state index in [4.69, 9.17) is 0 Å². The highest BCUT2D eigenvalue weighted by molar-refractivity contribution is 9.10. The molecule has 0 saturated carbocycles. The number of nitrogens with zero attached hydrogens (tertiary/aromatic N) is 1. The second-order valence-corrected chi connectivity index (χ2v) is 5.41. The summed E-state index contributed by atoms with van der Waals surface area (Å²) in [6.07, 6.45) is 1.41. The summed E-state index contributed by atoms with van der Waals surface area (Å²) in [5.74, 6) is 0. The first-order valence-electron chi connectivity index (χ1n) is 3.72. The zero-order valence-corrected chi connectivity index (χ0v) is 10.1. The molecule has 0 spiro atoms. The van der Waals surface area contributed by atoms with Gasteiger partial charge in [-0.25, -0.2) is 4.98 Å². The number of hydrogen-bond acceptors (Lipinski definition) is 4. The molecule has 0 fully saturated rings. The molecule has 2 aromatic rings. The highest BCUT2D eigenvalue weighted by Crippen LogP contribution is 2.32. The normalized spacial score (nSPS) is 10.4. The van der Waals surface area contributed by atoms with E-state index >= 15 is 0 Å². The van der Waals surface area contributed by atoms with Crippen LogP contribution >= 0.6 is 39.0 Å². The van der Waals surface area contributed by atoms with Crippen molar-refractivity contribution in [3.63, 3.8) is 0 Å². The number of rotatable bonds is 2. The molecule has 0 aliphatic rings. The van der Waals surface area contributed by atoms with Crippen molar-refractivity contribution >= 4 is 39.0 Å². The van der Waals surface area contributed by atoms with Crippen molar-refractivity contribution in [2.24, 2.45) is 0 Å². The SMILES string of the molecule is O=c1[nH]cnc(Sc2cccs2)c1Br. The van der Waals surface area contributed by atoms with Gasteiger partial charge in [0.1, 0.15) is 9.50 Å². The van der Waals surface area contributed by atoms with Gasteiger partial charge in [-0.05, 0) is 27.4 Å². The van der Waals surface area contributed by atoms with Crippen LogP contribution < -0.4 is 5.56 Å². The van der Waals surface area contributed by atoms with Crippen LogP contribution in [0, 0.1) is 0 Å². The fraction of sp³-hybridized carbons (Fsp3) is 0. The van der Waals surface area contributed by atoms with Crippen LogP contribution in [0.1, 0.15) is 0 Å². The van der Waals surface area contributed by atoms with Crippen LogP contribution in [0.5, 0.6) is 0 Å². The Bertz CT molecular complexity index is 480. The molecule has 2 heterocycles. The molecule has 0 atom stereocenters. The quantitative estimate of drug-likeness (QED) is 0.865. The molecule has 0 radical (unpaired) electrons. The van der Waals surface area contributed by atoms with E-state index in [1.807, 2.05) is 17.5 Å². The third kappa shape index (κ3) is 2.08. The molecule has 2 aromatic heterocycles. The van der Waals surface area contributed by atoms with E-state index < -0.39 is 0 Å². The Morgan fingerprint density at radius 1 is 1.57 bits per heavy atom. The molecule has 72 valence electrons. The molecule has 0 bridgehead atoms. The van der Waals surface area contributed by atoms with Gasteiger partial charge in [0.2, 0.25) is 0 Å². The van der Waals surface area contributed by atoms with Crippen LogP contribution in [-0.2, 0) is 0 Å². The summed E-state index contributed by atoms with van der Waals surface area (Å²) < 4.78 is 1.60. The number of halogens is 1. The van der Waals surface area contributed by atoms with Crippen LogP contribution in [0.3, 0.4) is 0 Å². The van der Waals surface area contributed by atoms with Gasteiger partial charge in [0.05, 0.1) is 10.5 Å². The average molecular weight is 289 g/mol. The van der Waals surface area contributed by atoms with Gasteiger partial charge in [-0.15, -0.1) is 11.3 Å². The number of thiophene rings is 1. The smallest absolute Gasteiger partial charge is 0.266 e. The van der Waals surface area contributed by atoms with Crippen molar-refractivity contribution in [2.75, 3.05) is 0 Å². The molecule has 1 N–H and O–H groups in total. The van der Waals surface area contributed by atoms with E-state index in [0.29, 0.717) is 9.50 Å². The fourth-order valence-electron chi connectivity index (χ4n) is 0.855. The van der Waals surface area contributed by atoms with E-state index in [1.54, 1.807) is 11.3 Å². The molecular formula is C8H5BrN2OS2. The Kier molecular flexibility index (Phi) is 3.05. The third-order valence-corrected chi connectivity index (χ3v) is 4.50. The zero-order chi connectivity index (χ0) is 9.97. The van der Waals surface area contributed by atoms with Gasteiger partial charge in [0.25, 0.3) is 5.56 Å². The summed E-state index contributed by atoms with van der Waals surface area (Å²) in [5.41, 5.74) is -0.154. The van der Waals surface area contributed by atoms with Crippen LogP contribution in [0.4, 0.5) is 0 Å². The van der Waals surface area contributed by atoms with Crippen LogP contribution in [0.25, 0.3) is 0 Å². The van der Waals surface area contributed by atoms with Crippen molar-refractivity contribution in [1.82, 2.24) is 9.97 Å². The molecule has 0 aromatic carbocycles. The monoisotopic (exact) mass is 288 g/mol. The topological polar surface area (TPSA) is 45.8 Å². The molecule has 0 aliphatic heterocycles. The largest absolute Gasteiger partial charge is 0.312 e. The lowest BCUT2D eigenvalue weighted by atomic mass is 10.7. The summed E-state index contributed by atoms with van der Waals surface area (Å²) in [5, 5.41) is 2.68.